The topological polar surface area (TPSA) is 129 Å². The summed E-state index contributed by atoms with van der Waals surface area (Å²) in [4.78, 5) is 41.0. The van der Waals surface area contributed by atoms with Crippen LogP contribution < -0.4 is 10.1 Å². The van der Waals surface area contributed by atoms with Gasteiger partial charge in [-0.3, -0.25) is 19.4 Å². The lowest BCUT2D eigenvalue weighted by Crippen LogP contribution is -2.43. The van der Waals surface area contributed by atoms with Crippen molar-refractivity contribution >= 4 is 17.8 Å². The molecule has 9 nitrogen and oxygen atoms in total. The third-order valence-electron chi connectivity index (χ3n) is 4.44. The molecule has 156 valence electrons. The molecule has 1 aromatic heterocycles. The third kappa shape index (κ3) is 5.13. The summed E-state index contributed by atoms with van der Waals surface area (Å²) in [5.41, 5.74) is 1.26. The number of benzene rings is 1. The molecule has 9 heteroatoms. The quantitative estimate of drug-likeness (QED) is 0.594. The fourth-order valence-electron chi connectivity index (χ4n) is 2.88. The van der Waals surface area contributed by atoms with E-state index in [1.54, 1.807) is 12.1 Å². The number of carboxylic acids is 1. The van der Waals surface area contributed by atoms with Crippen molar-refractivity contribution in [2.45, 2.75) is 19.9 Å². The summed E-state index contributed by atoms with van der Waals surface area (Å²) in [6.45, 7) is 1.68. The lowest BCUT2D eigenvalue weighted by atomic mass is 10.1. The normalized spacial score (nSPS) is 13.9. The molecule has 0 fully saturated rings. The molecule has 0 bridgehead atoms. The van der Waals surface area contributed by atoms with Crippen LogP contribution in [0.3, 0.4) is 0 Å². The maximum Gasteiger partial charge on any atom is 0.322 e. The van der Waals surface area contributed by atoms with Crippen molar-refractivity contribution in [1.29, 1.82) is 0 Å². The second-order valence-electron chi connectivity index (χ2n) is 6.78. The number of ether oxygens (including phenoxy) is 1. The second kappa shape index (κ2) is 9.08. The summed E-state index contributed by atoms with van der Waals surface area (Å²) in [6.07, 6.45) is 1.63. The monoisotopic (exact) mass is 411 g/mol. The second-order valence-corrected chi connectivity index (χ2v) is 6.78. The highest BCUT2D eigenvalue weighted by Gasteiger charge is 2.32. The lowest BCUT2D eigenvalue weighted by molar-refractivity contribution is -0.138. The van der Waals surface area contributed by atoms with Crippen molar-refractivity contribution in [2.75, 3.05) is 13.1 Å². The maximum absolute atomic E-state index is 12.6. The number of carbonyl (C=O) groups excluding carboxylic acids is 2. The van der Waals surface area contributed by atoms with Gasteiger partial charge in [0.15, 0.2) is 0 Å². The van der Waals surface area contributed by atoms with Crippen molar-refractivity contribution in [2.24, 2.45) is 0 Å². The summed E-state index contributed by atoms with van der Waals surface area (Å²) in [6, 6.07) is 11.0. The number of aromatic nitrogens is 1. The number of hydrogen-bond acceptors (Lipinski definition) is 6. The van der Waals surface area contributed by atoms with Crippen LogP contribution in [-0.2, 0) is 20.9 Å². The summed E-state index contributed by atoms with van der Waals surface area (Å²) >= 11 is 0. The number of aryl methyl sites for hydroxylation is 1. The number of rotatable bonds is 7. The fraction of sp³-hybridized carbons (Fsp3) is 0.238. The highest BCUT2D eigenvalue weighted by molar-refractivity contribution is 6.19. The molecule has 0 saturated carbocycles. The van der Waals surface area contributed by atoms with E-state index in [0.29, 0.717) is 17.2 Å². The Labute approximate surface area is 172 Å². The first kappa shape index (κ1) is 20.8. The van der Waals surface area contributed by atoms with Gasteiger partial charge >= 0.3 is 5.97 Å². The minimum atomic E-state index is -1.25. The molecule has 2 amide bonds. The average molecular weight is 411 g/mol. The lowest BCUT2D eigenvalue weighted by Gasteiger charge is -2.27. The van der Waals surface area contributed by atoms with E-state index in [1.807, 2.05) is 31.2 Å². The number of nitrogens with zero attached hydrogens (tertiary/aromatic N) is 2. The van der Waals surface area contributed by atoms with E-state index in [0.717, 1.165) is 5.56 Å². The zero-order valence-corrected chi connectivity index (χ0v) is 16.3. The van der Waals surface area contributed by atoms with Crippen LogP contribution in [0.15, 0.2) is 53.9 Å². The minimum absolute atomic E-state index is 0.0934. The Kier molecular flexibility index (Phi) is 6.31. The number of pyridine rings is 1. The zero-order chi connectivity index (χ0) is 21.7. The van der Waals surface area contributed by atoms with Gasteiger partial charge in [-0.2, -0.15) is 0 Å². The molecule has 30 heavy (non-hydrogen) atoms. The van der Waals surface area contributed by atoms with Crippen molar-refractivity contribution in [1.82, 2.24) is 15.2 Å². The highest BCUT2D eigenvalue weighted by Crippen LogP contribution is 2.23. The molecule has 0 unspecified atom stereocenters. The van der Waals surface area contributed by atoms with Gasteiger partial charge in [-0.15, -0.1) is 0 Å². The number of aliphatic hydroxyl groups is 1. The van der Waals surface area contributed by atoms with Gasteiger partial charge in [-0.05, 0) is 31.2 Å². The smallest absolute Gasteiger partial charge is 0.322 e. The number of carbonyl (C=O) groups is 3. The SMILES string of the molecule is Cc1ccc(Oc2ccc(CN3CCC(O)=C(C(=O)NCC(=O)O)C3=O)nc2)cc1. The molecule has 2 heterocycles. The molecule has 1 aromatic carbocycles. The number of aliphatic hydroxyl groups excluding tert-OH is 1. The van der Waals surface area contributed by atoms with Crippen molar-refractivity contribution in [3.05, 3.63) is 65.2 Å². The van der Waals surface area contributed by atoms with Crippen LogP contribution in [0.25, 0.3) is 0 Å². The van der Waals surface area contributed by atoms with E-state index < -0.39 is 29.9 Å². The Balaban J connectivity index is 1.64. The largest absolute Gasteiger partial charge is 0.511 e. The van der Waals surface area contributed by atoms with Gasteiger partial charge in [-0.25, -0.2) is 0 Å². The first-order valence-corrected chi connectivity index (χ1v) is 9.24. The Morgan fingerprint density at radius 3 is 2.50 bits per heavy atom. The van der Waals surface area contributed by atoms with E-state index in [2.05, 4.69) is 10.3 Å². The molecule has 0 saturated heterocycles. The maximum atomic E-state index is 12.6. The van der Waals surface area contributed by atoms with Crippen molar-refractivity contribution < 1.29 is 29.3 Å². The molecule has 2 aromatic rings. The number of carboxylic acid groups (broad SMARTS) is 1. The molecule has 0 spiro atoms. The van der Waals surface area contributed by atoms with E-state index in [-0.39, 0.29) is 25.3 Å². The number of amides is 2. The minimum Gasteiger partial charge on any atom is -0.511 e. The molecule has 1 aliphatic rings. The van der Waals surface area contributed by atoms with E-state index in [9.17, 15) is 19.5 Å². The molecular formula is C21H21N3O6. The van der Waals surface area contributed by atoms with Crippen LogP contribution in [0.4, 0.5) is 0 Å². The van der Waals surface area contributed by atoms with Gasteiger partial charge in [0.05, 0.1) is 18.4 Å². The van der Waals surface area contributed by atoms with E-state index >= 15 is 0 Å². The molecule has 0 atom stereocenters. The molecule has 0 radical (unpaired) electrons. The number of hydrogen-bond donors (Lipinski definition) is 3. The van der Waals surface area contributed by atoms with Crippen LogP contribution >= 0.6 is 0 Å². The van der Waals surface area contributed by atoms with E-state index in [1.165, 1.54) is 11.1 Å². The molecule has 1 aliphatic heterocycles. The van der Waals surface area contributed by atoms with Crippen molar-refractivity contribution in [3.63, 3.8) is 0 Å². The average Bonchev–Trinajstić information content (AvgIpc) is 2.72. The number of nitrogens with one attached hydrogen (secondary N) is 1. The Bertz CT molecular complexity index is 983. The van der Waals surface area contributed by atoms with E-state index in [4.69, 9.17) is 9.84 Å². The van der Waals surface area contributed by atoms with Crippen LogP contribution in [0.2, 0.25) is 0 Å². The van der Waals surface area contributed by atoms with Crippen LogP contribution in [0, 0.1) is 6.92 Å². The summed E-state index contributed by atoms with van der Waals surface area (Å²) in [7, 11) is 0. The van der Waals surface area contributed by atoms with Gasteiger partial charge in [0.2, 0.25) is 0 Å². The summed E-state index contributed by atoms with van der Waals surface area (Å²) in [5, 5.41) is 20.7. The van der Waals surface area contributed by atoms with Gasteiger partial charge in [-0.1, -0.05) is 17.7 Å². The first-order chi connectivity index (χ1) is 14.3. The van der Waals surface area contributed by atoms with Crippen LogP contribution in [-0.4, -0.2) is 51.0 Å². The highest BCUT2D eigenvalue weighted by atomic mass is 16.5. The van der Waals surface area contributed by atoms with Gasteiger partial charge in [0.25, 0.3) is 11.8 Å². The Morgan fingerprint density at radius 1 is 1.17 bits per heavy atom. The van der Waals surface area contributed by atoms with Crippen LogP contribution in [0.5, 0.6) is 11.5 Å². The Hall–Kier alpha value is -3.88. The van der Waals surface area contributed by atoms with Crippen LogP contribution in [0.1, 0.15) is 17.7 Å². The predicted octanol–water partition coefficient (Wildman–Crippen LogP) is 1.93. The standard InChI is InChI=1S/C21H21N3O6/c1-13-2-5-15(6-3-13)30-16-7-4-14(22-10-16)12-24-9-8-17(25)19(21(24)29)20(28)23-11-18(26)27/h2-7,10,25H,8-9,11-12H2,1H3,(H,23,28)(H,26,27). The summed E-state index contributed by atoms with van der Waals surface area (Å²) in [5.74, 6) is -1.98. The van der Waals surface area contributed by atoms with Gasteiger partial charge in [0.1, 0.15) is 29.4 Å². The molecule has 3 N–H and O–H groups in total. The Morgan fingerprint density at radius 2 is 1.87 bits per heavy atom. The molecule has 3 rings (SSSR count). The fourth-order valence-corrected chi connectivity index (χ4v) is 2.88. The molecular weight excluding hydrogens is 390 g/mol. The van der Waals surface area contributed by atoms with Gasteiger partial charge in [0, 0.05) is 13.0 Å². The summed E-state index contributed by atoms with van der Waals surface area (Å²) < 4.78 is 5.72. The number of aliphatic carboxylic acids is 1. The predicted molar refractivity (Wildman–Crippen MR) is 106 cm³/mol. The third-order valence-corrected chi connectivity index (χ3v) is 4.44. The van der Waals surface area contributed by atoms with Crippen molar-refractivity contribution in [3.8, 4) is 11.5 Å². The zero-order valence-electron chi connectivity index (χ0n) is 16.3. The first-order valence-electron chi connectivity index (χ1n) is 9.24. The molecule has 0 aliphatic carbocycles. The van der Waals surface area contributed by atoms with Gasteiger partial charge < -0.3 is 25.2 Å².